The van der Waals surface area contributed by atoms with Crippen LogP contribution in [-0.4, -0.2) is 39.1 Å². The molecule has 0 aliphatic heterocycles. The van der Waals surface area contributed by atoms with Crippen LogP contribution in [0.4, 0.5) is 0 Å². The van der Waals surface area contributed by atoms with Crippen molar-refractivity contribution < 1.29 is 29.7 Å². The summed E-state index contributed by atoms with van der Waals surface area (Å²) in [4.78, 5) is 41.9. The maximum absolute atomic E-state index is 14.9. The van der Waals surface area contributed by atoms with Crippen LogP contribution in [0.1, 0.15) is 165 Å². The van der Waals surface area contributed by atoms with Gasteiger partial charge in [-0.05, 0) is 154 Å². The number of rotatable bonds is 8. The average Bonchev–Trinajstić information content (AvgIpc) is 3.64. The minimum absolute atomic E-state index is 0.00336. The van der Waals surface area contributed by atoms with Crippen LogP contribution in [0.15, 0.2) is 34.9 Å². The Kier molecular flexibility index (Phi) is 9.11. The second-order valence-electron chi connectivity index (χ2n) is 22.5. The molecule has 0 amide bonds. The molecule has 0 aromatic heterocycles. The van der Waals surface area contributed by atoms with E-state index in [0.717, 1.165) is 70.6 Å². The fourth-order valence-electron chi connectivity index (χ4n) is 17.2. The second kappa shape index (κ2) is 12.6. The first-order valence-corrected chi connectivity index (χ1v) is 22.5. The molecule has 0 unspecified atom stereocenters. The van der Waals surface area contributed by atoms with E-state index >= 15 is 0 Å². The SMILES string of the molecule is C=C1CC[C@@](C)([C@H](C)CC(=O)C[C@]2(C(=O)O)C[C@H]3C[C@@H]4[C@@]5(C)CCC[C@@](C)(C(=O)O)[C@@H]5CC[C@]42C=C3C(C)C)[C@@]12CCC1=C2CC[C@@H]2[C@@H]1CC[C@H](O)C2(C)C. The van der Waals surface area contributed by atoms with Crippen molar-refractivity contribution >= 4 is 17.7 Å². The lowest BCUT2D eigenvalue weighted by Gasteiger charge is -2.70. The molecule has 0 saturated heterocycles. The molecular weight excluding hydrogens is 685 g/mol. The molecule has 9 aliphatic rings. The van der Waals surface area contributed by atoms with Crippen LogP contribution in [-0.2, 0) is 14.4 Å². The molecule has 6 heteroatoms. The number of carbonyl (C=O) groups excluding carboxylic acids is 1. The smallest absolute Gasteiger partial charge is 0.311 e. The highest BCUT2D eigenvalue weighted by molar-refractivity contribution is 5.88. The van der Waals surface area contributed by atoms with Gasteiger partial charge >= 0.3 is 11.9 Å². The first-order valence-electron chi connectivity index (χ1n) is 22.5. The van der Waals surface area contributed by atoms with Crippen LogP contribution in [0, 0.1) is 79.3 Å². The van der Waals surface area contributed by atoms with E-state index in [1.54, 1.807) is 11.1 Å². The molecule has 5 fully saturated rings. The van der Waals surface area contributed by atoms with Gasteiger partial charge in [0.15, 0.2) is 0 Å². The standard InChI is InChI=1S/C49H72O6/c1-28(2)35-27-47-21-17-38-44(7,18-10-19-45(38,8)41(52)53)39(47)24-31(35)25-48(47,42(54)55)26-32(50)23-30(4)46(9)20-15-29(3)49(46)22-16-34-33-11-14-40(51)43(5,6)36(33)12-13-37(34)49/h27-28,30-31,33,36,38-40,51H,3,10-26H2,1-2,4-9H3,(H,52,53)(H,54,55)/t30-,31-,33-,36-,38-,39-,40+,44+,45-,46+,47+,48+,49+/m1/s1. The van der Waals surface area contributed by atoms with Gasteiger partial charge in [-0.15, -0.1) is 0 Å². The van der Waals surface area contributed by atoms with E-state index in [-0.39, 0.29) is 63.6 Å². The third kappa shape index (κ3) is 4.97. The summed E-state index contributed by atoms with van der Waals surface area (Å²) >= 11 is 0. The molecule has 2 bridgehead atoms. The van der Waals surface area contributed by atoms with E-state index in [2.05, 4.69) is 54.5 Å². The highest BCUT2D eigenvalue weighted by Gasteiger charge is 2.73. The lowest BCUT2D eigenvalue weighted by Crippen LogP contribution is -2.67. The predicted molar refractivity (Wildman–Crippen MR) is 216 cm³/mol. The Morgan fingerprint density at radius 2 is 1.58 bits per heavy atom. The van der Waals surface area contributed by atoms with Gasteiger partial charge in [-0.25, -0.2) is 0 Å². The number of carboxylic acid groups (broad SMARTS) is 2. The molecule has 0 aromatic carbocycles. The quantitative estimate of drug-likeness (QED) is 0.213. The minimum atomic E-state index is -1.18. The number of ketones is 1. The zero-order valence-corrected chi connectivity index (χ0v) is 35.5. The monoisotopic (exact) mass is 757 g/mol. The van der Waals surface area contributed by atoms with Gasteiger partial charge in [0, 0.05) is 23.7 Å². The Morgan fingerprint density at radius 3 is 2.25 bits per heavy atom. The Balaban J connectivity index is 1.11. The molecule has 0 heterocycles. The van der Waals surface area contributed by atoms with Crippen molar-refractivity contribution in [1.82, 2.24) is 0 Å². The van der Waals surface area contributed by atoms with Gasteiger partial charge in [0.1, 0.15) is 5.78 Å². The van der Waals surface area contributed by atoms with Gasteiger partial charge < -0.3 is 15.3 Å². The molecular formula is C49H72O6. The zero-order valence-electron chi connectivity index (χ0n) is 35.5. The van der Waals surface area contributed by atoms with Crippen LogP contribution in [0.3, 0.4) is 0 Å². The van der Waals surface area contributed by atoms with E-state index in [1.165, 1.54) is 11.1 Å². The number of Topliss-reactive ketones (excluding diaryl/α,β-unsaturated/α-hetero) is 1. The van der Waals surface area contributed by atoms with Crippen molar-refractivity contribution in [2.45, 2.75) is 171 Å². The van der Waals surface area contributed by atoms with E-state index in [1.807, 2.05) is 6.92 Å². The number of hydrogen-bond donors (Lipinski definition) is 3. The second-order valence-corrected chi connectivity index (χ2v) is 22.5. The lowest BCUT2D eigenvalue weighted by atomic mass is 9.32. The van der Waals surface area contributed by atoms with Crippen LogP contribution < -0.4 is 0 Å². The Labute approximate surface area is 331 Å². The Bertz CT molecular complexity index is 1750. The van der Waals surface area contributed by atoms with Crippen LogP contribution >= 0.6 is 0 Å². The molecule has 304 valence electrons. The summed E-state index contributed by atoms with van der Waals surface area (Å²) in [5.74, 6) is 0.120. The molecule has 5 saturated carbocycles. The van der Waals surface area contributed by atoms with Crippen molar-refractivity contribution in [3.05, 3.63) is 34.9 Å². The average molecular weight is 757 g/mol. The van der Waals surface area contributed by atoms with Gasteiger partial charge in [-0.2, -0.15) is 0 Å². The van der Waals surface area contributed by atoms with E-state index in [4.69, 9.17) is 6.58 Å². The molecule has 2 spiro atoms. The summed E-state index contributed by atoms with van der Waals surface area (Å²) in [5.41, 5.74) is 2.71. The predicted octanol–water partition coefficient (Wildman–Crippen LogP) is 11.0. The number of aliphatic carboxylic acids is 2. The van der Waals surface area contributed by atoms with E-state index in [0.29, 0.717) is 49.9 Å². The molecule has 9 aliphatic carbocycles. The van der Waals surface area contributed by atoms with Crippen LogP contribution in [0.5, 0.6) is 0 Å². The zero-order chi connectivity index (χ0) is 39.9. The summed E-state index contributed by atoms with van der Waals surface area (Å²) in [7, 11) is 0. The van der Waals surface area contributed by atoms with Crippen molar-refractivity contribution in [1.29, 1.82) is 0 Å². The van der Waals surface area contributed by atoms with Crippen LogP contribution in [0.25, 0.3) is 0 Å². The lowest BCUT2D eigenvalue weighted by molar-refractivity contribution is -0.216. The van der Waals surface area contributed by atoms with E-state index in [9.17, 15) is 29.7 Å². The first kappa shape index (κ1) is 39.6. The van der Waals surface area contributed by atoms with Gasteiger partial charge in [0.2, 0.25) is 0 Å². The summed E-state index contributed by atoms with van der Waals surface area (Å²) in [6.07, 6.45) is 16.0. The van der Waals surface area contributed by atoms with Crippen molar-refractivity contribution in [2.75, 3.05) is 0 Å². The molecule has 0 radical (unpaired) electrons. The molecule has 3 N–H and O–H groups in total. The van der Waals surface area contributed by atoms with Crippen molar-refractivity contribution in [3.8, 4) is 0 Å². The fourth-order valence-corrected chi connectivity index (χ4v) is 17.2. The Hall–Kier alpha value is -2.21. The number of hydrogen-bond acceptors (Lipinski definition) is 4. The summed E-state index contributed by atoms with van der Waals surface area (Å²) < 4.78 is 0. The summed E-state index contributed by atoms with van der Waals surface area (Å²) in [6.45, 7) is 22.7. The minimum Gasteiger partial charge on any atom is -0.481 e. The maximum atomic E-state index is 14.9. The highest BCUT2D eigenvalue weighted by atomic mass is 16.4. The molecule has 9 rings (SSSR count). The number of allylic oxidation sites excluding steroid dienone is 5. The van der Waals surface area contributed by atoms with Crippen molar-refractivity contribution in [3.63, 3.8) is 0 Å². The highest BCUT2D eigenvalue weighted by Crippen LogP contribution is 2.77. The van der Waals surface area contributed by atoms with Gasteiger partial charge in [-0.3, -0.25) is 14.4 Å². The number of aliphatic hydroxyl groups is 1. The van der Waals surface area contributed by atoms with E-state index < -0.39 is 28.2 Å². The number of aliphatic hydroxyl groups excluding tert-OH is 1. The molecule has 0 aromatic rings. The van der Waals surface area contributed by atoms with Crippen molar-refractivity contribution in [2.24, 2.45) is 79.3 Å². The summed E-state index contributed by atoms with van der Waals surface area (Å²) in [6, 6.07) is 0. The third-order valence-corrected chi connectivity index (χ3v) is 20.2. The fraction of sp³-hybridized carbons (Fsp3) is 0.816. The Morgan fingerprint density at radius 1 is 0.855 bits per heavy atom. The summed E-state index contributed by atoms with van der Waals surface area (Å²) in [5, 5.41) is 33.1. The number of carbonyl (C=O) groups is 3. The van der Waals surface area contributed by atoms with Gasteiger partial charge in [0.05, 0.1) is 16.9 Å². The van der Waals surface area contributed by atoms with Crippen LogP contribution in [0.2, 0.25) is 0 Å². The van der Waals surface area contributed by atoms with Gasteiger partial charge in [-0.1, -0.05) is 89.8 Å². The molecule has 13 atom stereocenters. The largest absolute Gasteiger partial charge is 0.481 e. The number of carboxylic acids is 2. The molecule has 6 nitrogen and oxygen atoms in total. The maximum Gasteiger partial charge on any atom is 0.311 e. The topological polar surface area (TPSA) is 112 Å². The van der Waals surface area contributed by atoms with Gasteiger partial charge in [0.25, 0.3) is 0 Å². The first-order chi connectivity index (χ1) is 25.7. The molecule has 55 heavy (non-hydrogen) atoms. The normalized spacial score (nSPS) is 47.5. The third-order valence-electron chi connectivity index (χ3n) is 20.2. The number of fused-ring (bicyclic) bond motifs is 5.